The maximum atomic E-state index is 2.35. The van der Waals surface area contributed by atoms with Crippen molar-refractivity contribution in [2.24, 2.45) is 0 Å². The second-order valence-electron chi connectivity index (χ2n) is 6.74. The summed E-state index contributed by atoms with van der Waals surface area (Å²) in [6.45, 7) is 9.09. The van der Waals surface area contributed by atoms with Gasteiger partial charge in [0.05, 0.1) is 0 Å². The molecule has 0 bridgehead atoms. The Labute approximate surface area is 130 Å². The Morgan fingerprint density at radius 2 is 1.76 bits per heavy atom. The molecule has 0 aliphatic heterocycles. The summed E-state index contributed by atoms with van der Waals surface area (Å²) in [5.41, 5.74) is 7.46. The second-order valence-corrected chi connectivity index (χ2v) is 6.74. The van der Waals surface area contributed by atoms with Crippen molar-refractivity contribution >= 4 is 0 Å². The fraction of sp³-hybridized carbons (Fsp3) is 0.500. The zero-order valence-corrected chi connectivity index (χ0v) is 14.4. The fourth-order valence-electron chi connectivity index (χ4n) is 3.25. The molecule has 0 heterocycles. The molecule has 0 saturated heterocycles. The third-order valence-corrected chi connectivity index (χ3v) is 5.03. The van der Waals surface area contributed by atoms with Crippen LogP contribution in [0.15, 0.2) is 47.1 Å². The van der Waals surface area contributed by atoms with Gasteiger partial charge in [-0.3, -0.25) is 0 Å². The lowest BCUT2D eigenvalue weighted by atomic mass is 9.84. The van der Waals surface area contributed by atoms with Crippen molar-refractivity contribution in [2.45, 2.75) is 52.5 Å². The van der Waals surface area contributed by atoms with Gasteiger partial charge in [-0.05, 0) is 65.8 Å². The Balaban J connectivity index is 2.24. The minimum Gasteiger partial charge on any atom is -0.307 e. The normalized spacial score (nSPS) is 20.1. The van der Waals surface area contributed by atoms with E-state index in [0.29, 0.717) is 12.0 Å². The molecule has 0 fully saturated rings. The number of nitrogens with zero attached hydrogens (tertiary/aromatic N) is 1. The van der Waals surface area contributed by atoms with Gasteiger partial charge in [0, 0.05) is 12.0 Å². The smallest absolute Gasteiger partial charge is 0.0263 e. The predicted molar refractivity (Wildman–Crippen MR) is 92.8 cm³/mol. The summed E-state index contributed by atoms with van der Waals surface area (Å²) in [5.74, 6) is 0.496. The Bertz CT molecular complexity index is 563. The maximum Gasteiger partial charge on any atom is 0.0263 e. The van der Waals surface area contributed by atoms with E-state index >= 15 is 0 Å². The first-order valence-corrected chi connectivity index (χ1v) is 8.01. The third kappa shape index (κ3) is 3.47. The molecule has 0 saturated carbocycles. The van der Waals surface area contributed by atoms with Gasteiger partial charge in [0.15, 0.2) is 0 Å². The molecule has 2 unspecified atom stereocenters. The maximum absolute atomic E-state index is 2.35. The Kier molecular flexibility index (Phi) is 5.05. The average Bonchev–Trinajstić information content (AvgIpc) is 2.70. The van der Waals surface area contributed by atoms with Crippen molar-refractivity contribution in [3.8, 4) is 0 Å². The molecule has 2 atom stereocenters. The van der Waals surface area contributed by atoms with E-state index in [9.17, 15) is 0 Å². The number of hydrogen-bond acceptors (Lipinski definition) is 1. The van der Waals surface area contributed by atoms with Crippen LogP contribution < -0.4 is 0 Å². The number of aryl methyl sites for hydroxylation is 1. The van der Waals surface area contributed by atoms with Crippen LogP contribution in [-0.4, -0.2) is 25.0 Å². The highest BCUT2D eigenvalue weighted by Crippen LogP contribution is 2.40. The number of benzene rings is 1. The van der Waals surface area contributed by atoms with Crippen molar-refractivity contribution in [3.63, 3.8) is 0 Å². The highest BCUT2D eigenvalue weighted by Gasteiger charge is 2.24. The van der Waals surface area contributed by atoms with E-state index in [2.05, 4.69) is 77.0 Å². The molecular formula is C20H29N. The average molecular weight is 283 g/mol. The quantitative estimate of drug-likeness (QED) is 0.739. The van der Waals surface area contributed by atoms with Gasteiger partial charge in [0.25, 0.3) is 0 Å². The van der Waals surface area contributed by atoms with Crippen LogP contribution in [0.2, 0.25) is 0 Å². The molecule has 114 valence electrons. The largest absolute Gasteiger partial charge is 0.307 e. The highest BCUT2D eigenvalue weighted by molar-refractivity contribution is 5.51. The molecule has 1 aromatic carbocycles. The number of hydrogen-bond donors (Lipinski definition) is 0. The lowest BCUT2D eigenvalue weighted by molar-refractivity contribution is 0.299. The number of rotatable bonds is 5. The van der Waals surface area contributed by atoms with E-state index in [-0.39, 0.29) is 0 Å². The fourth-order valence-corrected chi connectivity index (χ4v) is 3.25. The highest BCUT2D eigenvalue weighted by atomic mass is 15.1. The van der Waals surface area contributed by atoms with Crippen LogP contribution in [0, 0.1) is 0 Å². The van der Waals surface area contributed by atoms with Crippen molar-refractivity contribution in [3.05, 3.63) is 58.2 Å². The number of allylic oxidation sites excluding steroid dienone is 4. The van der Waals surface area contributed by atoms with Gasteiger partial charge < -0.3 is 4.90 Å². The summed E-state index contributed by atoms with van der Waals surface area (Å²) in [4.78, 5) is 2.30. The molecule has 1 heteroatoms. The monoisotopic (exact) mass is 283 g/mol. The van der Waals surface area contributed by atoms with E-state index in [1.165, 1.54) is 34.3 Å². The molecule has 1 nitrogen and oxygen atoms in total. The first-order chi connectivity index (χ1) is 9.91. The summed E-state index contributed by atoms with van der Waals surface area (Å²) in [5, 5.41) is 0. The Morgan fingerprint density at radius 1 is 1.10 bits per heavy atom. The van der Waals surface area contributed by atoms with Gasteiger partial charge in [-0.2, -0.15) is 0 Å². The molecule has 2 rings (SSSR count). The van der Waals surface area contributed by atoms with Crippen molar-refractivity contribution < 1.29 is 0 Å². The van der Waals surface area contributed by atoms with Crippen LogP contribution in [-0.2, 0) is 6.42 Å². The molecule has 0 amide bonds. The predicted octanol–water partition coefficient (Wildman–Crippen LogP) is 4.95. The van der Waals surface area contributed by atoms with E-state index in [1.54, 1.807) is 0 Å². The summed E-state index contributed by atoms with van der Waals surface area (Å²) in [6, 6.07) is 9.62. The van der Waals surface area contributed by atoms with Crippen LogP contribution >= 0.6 is 0 Å². The molecule has 21 heavy (non-hydrogen) atoms. The Morgan fingerprint density at radius 3 is 2.33 bits per heavy atom. The molecule has 0 spiro atoms. The van der Waals surface area contributed by atoms with Crippen LogP contribution in [0.4, 0.5) is 0 Å². The van der Waals surface area contributed by atoms with Gasteiger partial charge in [-0.25, -0.2) is 0 Å². The first-order valence-electron chi connectivity index (χ1n) is 8.01. The molecule has 0 N–H and O–H groups in total. The van der Waals surface area contributed by atoms with Crippen LogP contribution in [0.5, 0.6) is 0 Å². The summed E-state index contributed by atoms with van der Waals surface area (Å²) in [6.07, 6.45) is 4.71. The SMILES string of the molecule is CC1=CC(C)=C(C)C1c1ccccc1CCC(C)N(C)C. The van der Waals surface area contributed by atoms with E-state index in [4.69, 9.17) is 0 Å². The van der Waals surface area contributed by atoms with E-state index in [0.717, 1.165) is 6.42 Å². The summed E-state index contributed by atoms with van der Waals surface area (Å²) in [7, 11) is 4.33. The molecule has 1 aromatic rings. The summed E-state index contributed by atoms with van der Waals surface area (Å²) < 4.78 is 0. The van der Waals surface area contributed by atoms with Gasteiger partial charge in [-0.15, -0.1) is 0 Å². The van der Waals surface area contributed by atoms with Gasteiger partial charge in [-0.1, -0.05) is 47.1 Å². The van der Waals surface area contributed by atoms with Crippen molar-refractivity contribution in [1.29, 1.82) is 0 Å². The second kappa shape index (κ2) is 6.62. The first kappa shape index (κ1) is 16.0. The molecule has 0 radical (unpaired) electrons. The third-order valence-electron chi connectivity index (χ3n) is 5.03. The zero-order valence-electron chi connectivity index (χ0n) is 14.4. The van der Waals surface area contributed by atoms with Crippen molar-refractivity contribution in [2.75, 3.05) is 14.1 Å². The lowest BCUT2D eigenvalue weighted by Crippen LogP contribution is -2.25. The van der Waals surface area contributed by atoms with Crippen LogP contribution in [0.25, 0.3) is 0 Å². The molecule has 1 aliphatic rings. The minimum absolute atomic E-state index is 0.496. The van der Waals surface area contributed by atoms with Gasteiger partial charge in [0.2, 0.25) is 0 Å². The van der Waals surface area contributed by atoms with Crippen molar-refractivity contribution in [1.82, 2.24) is 4.90 Å². The minimum atomic E-state index is 0.496. The molecule has 0 aromatic heterocycles. The zero-order chi connectivity index (χ0) is 15.6. The summed E-state index contributed by atoms with van der Waals surface area (Å²) >= 11 is 0. The topological polar surface area (TPSA) is 3.24 Å². The lowest BCUT2D eigenvalue weighted by Gasteiger charge is -2.23. The standard InChI is InChI=1S/C20H29N/c1-14-13-15(2)20(17(14)4)19-10-8-7-9-18(19)12-11-16(3)21(5)6/h7-10,13,16,20H,11-12H2,1-6H3. The van der Waals surface area contributed by atoms with E-state index < -0.39 is 0 Å². The molecule has 1 aliphatic carbocycles. The molecular weight excluding hydrogens is 254 g/mol. The van der Waals surface area contributed by atoms with E-state index in [1.807, 2.05) is 0 Å². The van der Waals surface area contributed by atoms with Gasteiger partial charge >= 0.3 is 0 Å². The van der Waals surface area contributed by atoms with Crippen LogP contribution in [0.3, 0.4) is 0 Å². The van der Waals surface area contributed by atoms with Crippen LogP contribution in [0.1, 0.15) is 51.2 Å². The van der Waals surface area contributed by atoms with Gasteiger partial charge in [0.1, 0.15) is 0 Å². The Hall–Kier alpha value is -1.34.